The lowest BCUT2D eigenvalue weighted by Gasteiger charge is -2.21. The Balaban J connectivity index is 2.33. The summed E-state index contributed by atoms with van der Waals surface area (Å²) in [6.07, 6.45) is 0.904. The molecule has 0 saturated carbocycles. The van der Waals surface area contributed by atoms with Crippen LogP contribution in [0, 0.1) is 0 Å². The van der Waals surface area contributed by atoms with Gasteiger partial charge in [0.15, 0.2) is 0 Å². The number of hydrogen-bond donors (Lipinski definition) is 1. The summed E-state index contributed by atoms with van der Waals surface area (Å²) in [7, 11) is 3.80. The van der Waals surface area contributed by atoms with Crippen LogP contribution in [0.4, 0.5) is 0 Å². The van der Waals surface area contributed by atoms with Crippen LogP contribution in [0.1, 0.15) is 12.0 Å². The molecule has 0 aromatic heterocycles. The van der Waals surface area contributed by atoms with Crippen LogP contribution in [0.2, 0.25) is 0 Å². The molecule has 0 aliphatic rings. The van der Waals surface area contributed by atoms with Gasteiger partial charge in [-0.3, -0.25) is 0 Å². The molecule has 0 radical (unpaired) electrons. The molecule has 2 N–H and O–H groups in total. The summed E-state index contributed by atoms with van der Waals surface area (Å²) in [6, 6.07) is 8.56. The van der Waals surface area contributed by atoms with E-state index in [0.29, 0.717) is 0 Å². The molecule has 4 heteroatoms. The van der Waals surface area contributed by atoms with Gasteiger partial charge in [-0.1, -0.05) is 28.1 Å². The lowest BCUT2D eigenvalue weighted by atomic mass is 10.2. The van der Waals surface area contributed by atoms with E-state index in [-0.39, 0.29) is 6.04 Å². The Hall–Kier alpha value is -0.420. The van der Waals surface area contributed by atoms with Gasteiger partial charge in [-0.15, -0.1) is 0 Å². The molecule has 0 spiro atoms. The first-order valence-electron chi connectivity index (χ1n) is 5.79. The van der Waals surface area contributed by atoms with Crippen LogP contribution in [0.5, 0.6) is 0 Å². The third kappa shape index (κ3) is 6.17. The van der Waals surface area contributed by atoms with Crippen molar-refractivity contribution >= 4 is 15.9 Å². The van der Waals surface area contributed by atoms with Gasteiger partial charge in [0.1, 0.15) is 0 Å². The maximum atomic E-state index is 6.01. The predicted molar refractivity (Wildman–Crippen MR) is 74.9 cm³/mol. The Labute approximate surface area is 112 Å². The van der Waals surface area contributed by atoms with Crippen molar-refractivity contribution in [2.45, 2.75) is 19.0 Å². The van der Waals surface area contributed by atoms with Crippen molar-refractivity contribution in [3.05, 3.63) is 34.3 Å². The summed E-state index contributed by atoms with van der Waals surface area (Å²) in [5.41, 5.74) is 7.31. The molecular weight excluding hydrogens is 280 g/mol. The Morgan fingerprint density at radius 1 is 1.35 bits per heavy atom. The molecule has 17 heavy (non-hydrogen) atoms. The van der Waals surface area contributed by atoms with Crippen LogP contribution in [0.15, 0.2) is 28.7 Å². The molecule has 0 saturated heterocycles. The fourth-order valence-electron chi connectivity index (χ4n) is 1.73. The molecule has 0 heterocycles. The van der Waals surface area contributed by atoms with Crippen molar-refractivity contribution in [2.75, 3.05) is 27.3 Å². The molecule has 0 bridgehead atoms. The van der Waals surface area contributed by atoms with Crippen LogP contribution in [0.3, 0.4) is 0 Å². The Morgan fingerprint density at radius 2 is 2.00 bits per heavy atom. The quantitative estimate of drug-likeness (QED) is 0.839. The molecular formula is C13H21BrN2O. The molecule has 1 atom stereocenters. The zero-order chi connectivity index (χ0) is 12.7. The van der Waals surface area contributed by atoms with Crippen molar-refractivity contribution in [3.63, 3.8) is 0 Å². The highest BCUT2D eigenvalue weighted by atomic mass is 79.9. The van der Waals surface area contributed by atoms with Crippen LogP contribution in [-0.4, -0.2) is 38.3 Å². The van der Waals surface area contributed by atoms with Crippen molar-refractivity contribution in [1.29, 1.82) is 0 Å². The zero-order valence-electron chi connectivity index (χ0n) is 10.5. The van der Waals surface area contributed by atoms with Crippen molar-refractivity contribution < 1.29 is 4.74 Å². The second kappa shape index (κ2) is 7.82. The SMILES string of the molecule is COCCC(N)CN(C)Cc1ccc(Br)cc1. The molecule has 1 unspecified atom stereocenters. The van der Waals surface area contributed by atoms with Gasteiger partial charge in [-0.05, 0) is 31.2 Å². The van der Waals surface area contributed by atoms with E-state index in [1.54, 1.807) is 7.11 Å². The highest BCUT2D eigenvalue weighted by molar-refractivity contribution is 9.10. The van der Waals surface area contributed by atoms with E-state index < -0.39 is 0 Å². The van der Waals surface area contributed by atoms with Crippen LogP contribution >= 0.6 is 15.9 Å². The van der Waals surface area contributed by atoms with E-state index >= 15 is 0 Å². The van der Waals surface area contributed by atoms with Crippen LogP contribution in [-0.2, 0) is 11.3 Å². The van der Waals surface area contributed by atoms with E-state index in [9.17, 15) is 0 Å². The number of benzene rings is 1. The summed E-state index contributed by atoms with van der Waals surface area (Å²) in [5.74, 6) is 0. The Bertz CT molecular complexity index is 316. The number of rotatable bonds is 7. The molecule has 0 aliphatic heterocycles. The molecule has 1 aromatic rings. The van der Waals surface area contributed by atoms with Gasteiger partial charge in [0.25, 0.3) is 0 Å². The third-order valence-electron chi connectivity index (χ3n) is 2.60. The van der Waals surface area contributed by atoms with Crippen molar-refractivity contribution in [1.82, 2.24) is 4.90 Å². The smallest absolute Gasteiger partial charge is 0.0477 e. The zero-order valence-corrected chi connectivity index (χ0v) is 12.1. The number of nitrogens with two attached hydrogens (primary N) is 1. The number of ether oxygens (including phenoxy) is 1. The third-order valence-corrected chi connectivity index (χ3v) is 3.13. The standard InChI is InChI=1S/C13H21BrN2O/c1-16(10-13(15)7-8-17-2)9-11-3-5-12(14)6-4-11/h3-6,13H,7-10,15H2,1-2H3. The van der Waals surface area contributed by atoms with Crippen molar-refractivity contribution in [3.8, 4) is 0 Å². The summed E-state index contributed by atoms with van der Waals surface area (Å²) < 4.78 is 6.13. The predicted octanol–water partition coefficient (Wildman–Crippen LogP) is 2.24. The molecule has 96 valence electrons. The Morgan fingerprint density at radius 3 is 2.59 bits per heavy atom. The van der Waals surface area contributed by atoms with Gasteiger partial charge in [0, 0.05) is 37.3 Å². The minimum Gasteiger partial charge on any atom is -0.385 e. The normalized spacial score (nSPS) is 13.0. The van der Waals surface area contributed by atoms with Gasteiger partial charge in [-0.25, -0.2) is 0 Å². The van der Waals surface area contributed by atoms with Gasteiger partial charge in [-0.2, -0.15) is 0 Å². The number of likely N-dealkylation sites (N-methyl/N-ethyl adjacent to an activating group) is 1. The minimum atomic E-state index is 0.176. The lowest BCUT2D eigenvalue weighted by Crippen LogP contribution is -2.35. The van der Waals surface area contributed by atoms with E-state index in [4.69, 9.17) is 10.5 Å². The number of hydrogen-bond acceptors (Lipinski definition) is 3. The van der Waals surface area contributed by atoms with Crippen molar-refractivity contribution in [2.24, 2.45) is 5.73 Å². The van der Waals surface area contributed by atoms with E-state index in [2.05, 4.69) is 52.1 Å². The average Bonchev–Trinajstić information content (AvgIpc) is 2.29. The van der Waals surface area contributed by atoms with Gasteiger partial charge in [0.05, 0.1) is 0 Å². The highest BCUT2D eigenvalue weighted by Gasteiger charge is 2.07. The maximum absolute atomic E-state index is 6.01. The fourth-order valence-corrected chi connectivity index (χ4v) is 1.99. The fraction of sp³-hybridized carbons (Fsp3) is 0.538. The maximum Gasteiger partial charge on any atom is 0.0477 e. The topological polar surface area (TPSA) is 38.5 Å². The molecule has 1 rings (SSSR count). The minimum absolute atomic E-state index is 0.176. The first-order chi connectivity index (χ1) is 8.11. The van der Waals surface area contributed by atoms with E-state index in [1.165, 1.54) is 5.56 Å². The van der Waals surface area contributed by atoms with Gasteiger partial charge in [0.2, 0.25) is 0 Å². The van der Waals surface area contributed by atoms with Gasteiger partial charge >= 0.3 is 0 Å². The summed E-state index contributed by atoms with van der Waals surface area (Å²) in [4.78, 5) is 2.24. The van der Waals surface area contributed by atoms with E-state index in [0.717, 1.165) is 30.6 Å². The molecule has 0 fully saturated rings. The molecule has 0 amide bonds. The highest BCUT2D eigenvalue weighted by Crippen LogP contribution is 2.11. The number of nitrogens with zero attached hydrogens (tertiary/aromatic N) is 1. The van der Waals surface area contributed by atoms with E-state index in [1.807, 2.05) is 0 Å². The number of halogens is 1. The Kier molecular flexibility index (Phi) is 6.73. The molecule has 1 aromatic carbocycles. The molecule has 0 aliphatic carbocycles. The largest absolute Gasteiger partial charge is 0.385 e. The summed E-state index contributed by atoms with van der Waals surface area (Å²) in [6.45, 7) is 2.54. The second-order valence-electron chi connectivity index (χ2n) is 4.36. The van der Waals surface area contributed by atoms with Gasteiger partial charge < -0.3 is 15.4 Å². The summed E-state index contributed by atoms with van der Waals surface area (Å²) >= 11 is 3.43. The van der Waals surface area contributed by atoms with Crippen LogP contribution < -0.4 is 5.73 Å². The molecule has 3 nitrogen and oxygen atoms in total. The second-order valence-corrected chi connectivity index (χ2v) is 5.28. The van der Waals surface area contributed by atoms with Crippen LogP contribution in [0.25, 0.3) is 0 Å². The lowest BCUT2D eigenvalue weighted by molar-refractivity contribution is 0.179. The first-order valence-corrected chi connectivity index (χ1v) is 6.58. The summed E-state index contributed by atoms with van der Waals surface area (Å²) in [5, 5.41) is 0. The first kappa shape index (κ1) is 14.6. The average molecular weight is 301 g/mol. The number of methoxy groups -OCH3 is 1. The monoisotopic (exact) mass is 300 g/mol.